The van der Waals surface area contributed by atoms with Crippen LogP contribution in [0.25, 0.3) is 0 Å². The van der Waals surface area contributed by atoms with Crippen LogP contribution in [-0.4, -0.2) is 64.3 Å². The van der Waals surface area contributed by atoms with Gasteiger partial charge < -0.3 is 29.9 Å². The number of aliphatic hydroxyl groups excluding tert-OH is 4. The normalized spacial score (nSPS) is 56.6. The molecule has 4 N–H and O–H groups in total. The fourth-order valence-electron chi connectivity index (χ4n) is 11.3. The molecule has 5 fully saturated rings. The first-order valence-electron chi connectivity index (χ1n) is 15.6. The number of ether oxygens (including phenoxy) is 2. The highest BCUT2D eigenvalue weighted by molar-refractivity contribution is 5.32. The summed E-state index contributed by atoms with van der Waals surface area (Å²) in [5, 5.41) is 42.4. The third-order valence-corrected chi connectivity index (χ3v) is 13.6. The molecule has 0 radical (unpaired) electrons. The van der Waals surface area contributed by atoms with Crippen LogP contribution >= 0.6 is 0 Å². The van der Waals surface area contributed by atoms with Gasteiger partial charge in [0.05, 0.1) is 31.5 Å². The maximum atomic E-state index is 11.4. The maximum Gasteiger partial charge on any atom is 0.160 e. The zero-order chi connectivity index (χ0) is 27.1. The number of aliphatic hydroxyl groups is 4. The lowest BCUT2D eigenvalue weighted by Crippen LogP contribution is -2.66. The van der Waals surface area contributed by atoms with E-state index in [9.17, 15) is 20.4 Å². The van der Waals surface area contributed by atoms with Gasteiger partial charge in [-0.05, 0) is 91.3 Å². The van der Waals surface area contributed by atoms with Gasteiger partial charge in [-0.2, -0.15) is 0 Å². The second kappa shape index (κ2) is 9.52. The second-order valence-corrected chi connectivity index (χ2v) is 15.1. The Labute approximate surface area is 229 Å². The van der Waals surface area contributed by atoms with Crippen molar-refractivity contribution in [2.24, 2.45) is 45.3 Å². The Balaban J connectivity index is 1.29. The number of allylic oxidation sites excluding steroid dienone is 2. The predicted molar refractivity (Wildman–Crippen MR) is 145 cm³/mol. The molecule has 6 heteroatoms. The van der Waals surface area contributed by atoms with E-state index in [1.54, 1.807) is 5.57 Å². The summed E-state index contributed by atoms with van der Waals surface area (Å²) in [6.45, 7) is 9.88. The summed E-state index contributed by atoms with van der Waals surface area (Å²) in [7, 11) is 0. The molecule has 13 atom stereocenters. The summed E-state index contributed by atoms with van der Waals surface area (Å²) in [6, 6.07) is 0. The first-order valence-corrected chi connectivity index (χ1v) is 15.6. The number of fused-ring (bicyclic) bond motifs is 7. The highest BCUT2D eigenvalue weighted by Crippen LogP contribution is 2.74. The molecule has 0 aromatic heterocycles. The Hall–Kier alpha value is -0.500. The maximum absolute atomic E-state index is 11.4. The third kappa shape index (κ3) is 3.80. The molecular weight excluding hydrogens is 480 g/mol. The van der Waals surface area contributed by atoms with Gasteiger partial charge in [0.15, 0.2) is 6.29 Å². The minimum Gasteiger partial charge on any atom is -0.396 e. The largest absolute Gasteiger partial charge is 0.396 e. The topological polar surface area (TPSA) is 99.4 Å². The van der Waals surface area contributed by atoms with Gasteiger partial charge in [-0.1, -0.05) is 52.2 Å². The van der Waals surface area contributed by atoms with Crippen LogP contribution < -0.4 is 0 Å². The summed E-state index contributed by atoms with van der Waals surface area (Å²) in [4.78, 5) is 0. The zero-order valence-corrected chi connectivity index (χ0v) is 24.1. The van der Waals surface area contributed by atoms with E-state index in [1.165, 1.54) is 25.7 Å². The second-order valence-electron chi connectivity index (χ2n) is 15.1. The van der Waals surface area contributed by atoms with Crippen LogP contribution in [0.4, 0.5) is 0 Å². The van der Waals surface area contributed by atoms with Crippen molar-refractivity contribution >= 4 is 0 Å². The van der Waals surface area contributed by atoms with Crippen LogP contribution in [0.2, 0.25) is 0 Å². The molecule has 6 aliphatic rings. The summed E-state index contributed by atoms with van der Waals surface area (Å²) in [5.74, 6) is 1.83. The fraction of sp³-hybridized carbons (Fsp3) is 0.938. The standard InChI is InChI=1S/C32H52O6/c1-29-13-12-27(38-28-15-22(34)24(36)17-37-28)30(2,18-33)25(29)11-14-31(3)26(29)10-9-21-19-7-5-6-8-20(19)23(35)16-32(21,31)4/h9,19-20,22-28,33-36H,5-8,10-18H2,1-4H3/t19?,20?,22?,23-,24?,25?,26?,27?,28?,29?,30-,31-,32-/m1/s1. The van der Waals surface area contributed by atoms with Crippen LogP contribution in [0.3, 0.4) is 0 Å². The molecule has 6 nitrogen and oxygen atoms in total. The molecule has 0 amide bonds. The zero-order valence-electron chi connectivity index (χ0n) is 24.1. The van der Waals surface area contributed by atoms with Crippen molar-refractivity contribution in [3.05, 3.63) is 11.6 Å². The van der Waals surface area contributed by atoms with Crippen molar-refractivity contribution in [3.8, 4) is 0 Å². The molecule has 6 rings (SSSR count). The molecule has 4 saturated carbocycles. The monoisotopic (exact) mass is 532 g/mol. The van der Waals surface area contributed by atoms with Gasteiger partial charge in [0, 0.05) is 11.8 Å². The summed E-state index contributed by atoms with van der Waals surface area (Å²) in [6.07, 6.45) is 11.3. The van der Waals surface area contributed by atoms with E-state index in [-0.39, 0.29) is 48.1 Å². The van der Waals surface area contributed by atoms with Gasteiger partial charge in [-0.25, -0.2) is 0 Å². The van der Waals surface area contributed by atoms with Crippen LogP contribution in [0.5, 0.6) is 0 Å². The van der Waals surface area contributed by atoms with E-state index in [0.29, 0.717) is 23.7 Å². The molecule has 1 aliphatic heterocycles. The minimum absolute atomic E-state index is 0.0255. The molecule has 216 valence electrons. The average molecular weight is 533 g/mol. The molecule has 5 aliphatic carbocycles. The van der Waals surface area contributed by atoms with E-state index in [4.69, 9.17) is 9.47 Å². The van der Waals surface area contributed by atoms with E-state index >= 15 is 0 Å². The van der Waals surface area contributed by atoms with Gasteiger partial charge in [-0.15, -0.1) is 0 Å². The molecule has 0 aromatic carbocycles. The molecule has 0 spiro atoms. The lowest BCUT2D eigenvalue weighted by atomic mass is 9.34. The average Bonchev–Trinajstić information content (AvgIpc) is 2.88. The number of rotatable bonds is 3. The summed E-state index contributed by atoms with van der Waals surface area (Å²) >= 11 is 0. The number of hydrogen-bond acceptors (Lipinski definition) is 6. The highest BCUT2D eigenvalue weighted by Gasteiger charge is 2.68. The van der Waals surface area contributed by atoms with Crippen LogP contribution in [0.1, 0.15) is 98.3 Å². The van der Waals surface area contributed by atoms with E-state index < -0.39 is 23.9 Å². The van der Waals surface area contributed by atoms with Crippen molar-refractivity contribution in [1.29, 1.82) is 0 Å². The van der Waals surface area contributed by atoms with Crippen LogP contribution in [0, 0.1) is 45.3 Å². The predicted octanol–water partition coefficient (Wildman–Crippen LogP) is 4.58. The van der Waals surface area contributed by atoms with Crippen LogP contribution in [0.15, 0.2) is 11.6 Å². The summed E-state index contributed by atoms with van der Waals surface area (Å²) < 4.78 is 12.2. The Kier molecular flexibility index (Phi) is 6.93. The van der Waals surface area contributed by atoms with Crippen molar-refractivity contribution in [1.82, 2.24) is 0 Å². The molecule has 9 unspecified atom stereocenters. The Morgan fingerprint density at radius 2 is 1.68 bits per heavy atom. The first-order chi connectivity index (χ1) is 18.0. The Bertz CT molecular complexity index is 937. The molecular formula is C32H52O6. The molecule has 1 heterocycles. The van der Waals surface area contributed by atoms with Gasteiger partial charge >= 0.3 is 0 Å². The lowest BCUT2D eigenvalue weighted by molar-refractivity contribution is -0.283. The molecule has 38 heavy (non-hydrogen) atoms. The first kappa shape index (κ1) is 27.7. The van der Waals surface area contributed by atoms with Gasteiger partial charge in [-0.3, -0.25) is 0 Å². The van der Waals surface area contributed by atoms with E-state index in [2.05, 4.69) is 33.8 Å². The smallest absolute Gasteiger partial charge is 0.160 e. The van der Waals surface area contributed by atoms with Crippen molar-refractivity contribution in [2.45, 2.75) is 129 Å². The SMILES string of the molecule is CC12CCC(OC3CC(O)C(O)CO3)[C@](C)(CO)C1CC[C@]1(C)C2CC=C2C3CCCCC3[C@H](O)C[C@]21C. The van der Waals surface area contributed by atoms with Gasteiger partial charge in [0.1, 0.15) is 6.10 Å². The highest BCUT2D eigenvalue weighted by atomic mass is 16.7. The summed E-state index contributed by atoms with van der Waals surface area (Å²) in [5.41, 5.74) is 1.50. The molecule has 0 bridgehead atoms. The Morgan fingerprint density at radius 1 is 0.921 bits per heavy atom. The Morgan fingerprint density at radius 3 is 2.42 bits per heavy atom. The molecule has 0 aromatic rings. The van der Waals surface area contributed by atoms with E-state index in [0.717, 1.165) is 38.5 Å². The lowest BCUT2D eigenvalue weighted by Gasteiger charge is -2.71. The number of hydrogen-bond donors (Lipinski definition) is 4. The molecule has 1 saturated heterocycles. The fourth-order valence-corrected chi connectivity index (χ4v) is 11.3. The van der Waals surface area contributed by atoms with Crippen molar-refractivity contribution < 1.29 is 29.9 Å². The van der Waals surface area contributed by atoms with E-state index in [1.807, 2.05) is 0 Å². The van der Waals surface area contributed by atoms with Crippen molar-refractivity contribution in [2.75, 3.05) is 13.2 Å². The third-order valence-electron chi connectivity index (χ3n) is 13.6. The van der Waals surface area contributed by atoms with Gasteiger partial charge in [0.25, 0.3) is 0 Å². The quantitative estimate of drug-likeness (QED) is 0.314. The van der Waals surface area contributed by atoms with Crippen LogP contribution in [-0.2, 0) is 9.47 Å². The van der Waals surface area contributed by atoms with Gasteiger partial charge in [0.2, 0.25) is 0 Å². The minimum atomic E-state index is -0.863. The van der Waals surface area contributed by atoms with Crippen molar-refractivity contribution in [3.63, 3.8) is 0 Å².